The van der Waals surface area contributed by atoms with E-state index in [2.05, 4.69) is 15.6 Å². The van der Waals surface area contributed by atoms with Crippen molar-refractivity contribution in [1.82, 2.24) is 15.1 Å². The summed E-state index contributed by atoms with van der Waals surface area (Å²) < 4.78 is 1.78. The molecule has 20 heavy (non-hydrogen) atoms. The van der Waals surface area contributed by atoms with Gasteiger partial charge in [-0.2, -0.15) is 5.10 Å². The van der Waals surface area contributed by atoms with E-state index in [1.165, 1.54) is 0 Å². The minimum atomic E-state index is -0.839. The van der Waals surface area contributed by atoms with Crippen molar-refractivity contribution in [3.05, 3.63) is 18.0 Å². The highest BCUT2D eigenvalue weighted by atomic mass is 16.4. The molecule has 1 fully saturated rings. The highest BCUT2D eigenvalue weighted by Crippen LogP contribution is 2.38. The van der Waals surface area contributed by atoms with Gasteiger partial charge in [0.05, 0.1) is 12.7 Å². The van der Waals surface area contributed by atoms with E-state index >= 15 is 0 Å². The second-order valence-electron chi connectivity index (χ2n) is 5.31. The summed E-state index contributed by atoms with van der Waals surface area (Å²) in [5.74, 6) is -0.142. The van der Waals surface area contributed by atoms with Gasteiger partial charge in [-0.25, -0.2) is 0 Å². The largest absolute Gasteiger partial charge is 0.409 e. The SMILES string of the molecule is Cc1cnn(CCNC(=O)C2(C(N)=NO)CCCC2)c1. The van der Waals surface area contributed by atoms with Gasteiger partial charge in [0.1, 0.15) is 5.41 Å². The Kier molecular flexibility index (Phi) is 4.26. The van der Waals surface area contributed by atoms with Crippen LogP contribution in [-0.2, 0) is 11.3 Å². The summed E-state index contributed by atoms with van der Waals surface area (Å²) in [4.78, 5) is 12.4. The molecule has 0 spiro atoms. The van der Waals surface area contributed by atoms with E-state index in [0.29, 0.717) is 25.9 Å². The van der Waals surface area contributed by atoms with Gasteiger partial charge in [0.2, 0.25) is 5.91 Å². The molecule has 1 aromatic heterocycles. The van der Waals surface area contributed by atoms with Gasteiger partial charge in [-0.15, -0.1) is 0 Å². The predicted molar refractivity (Wildman–Crippen MR) is 74.3 cm³/mol. The van der Waals surface area contributed by atoms with E-state index in [9.17, 15) is 4.79 Å². The maximum atomic E-state index is 12.4. The molecular weight excluding hydrogens is 258 g/mol. The van der Waals surface area contributed by atoms with E-state index in [1.54, 1.807) is 10.9 Å². The molecule has 4 N–H and O–H groups in total. The van der Waals surface area contributed by atoms with E-state index in [1.807, 2.05) is 13.1 Å². The van der Waals surface area contributed by atoms with Crippen molar-refractivity contribution in [2.24, 2.45) is 16.3 Å². The van der Waals surface area contributed by atoms with Crippen LogP contribution in [0.2, 0.25) is 0 Å². The second kappa shape index (κ2) is 5.94. The first-order chi connectivity index (χ1) is 9.58. The number of oxime groups is 1. The smallest absolute Gasteiger partial charge is 0.234 e. The molecule has 0 radical (unpaired) electrons. The Morgan fingerprint density at radius 2 is 2.30 bits per heavy atom. The van der Waals surface area contributed by atoms with Gasteiger partial charge in [-0.05, 0) is 25.3 Å². The number of carbonyl (C=O) groups excluding carboxylic acids is 1. The number of carbonyl (C=O) groups is 1. The first-order valence-electron chi connectivity index (χ1n) is 6.84. The molecule has 0 aliphatic heterocycles. The first kappa shape index (κ1) is 14.4. The Morgan fingerprint density at radius 1 is 1.60 bits per heavy atom. The van der Waals surface area contributed by atoms with Crippen molar-refractivity contribution in [3.8, 4) is 0 Å². The van der Waals surface area contributed by atoms with Crippen LogP contribution in [0, 0.1) is 12.3 Å². The van der Waals surface area contributed by atoms with Crippen molar-refractivity contribution >= 4 is 11.7 Å². The van der Waals surface area contributed by atoms with Crippen molar-refractivity contribution in [2.75, 3.05) is 6.54 Å². The summed E-state index contributed by atoms with van der Waals surface area (Å²) >= 11 is 0. The second-order valence-corrected chi connectivity index (χ2v) is 5.31. The molecule has 7 heteroatoms. The summed E-state index contributed by atoms with van der Waals surface area (Å²) in [6, 6.07) is 0. The molecule has 1 aliphatic carbocycles. The highest BCUT2D eigenvalue weighted by molar-refractivity contribution is 6.07. The summed E-state index contributed by atoms with van der Waals surface area (Å²) in [7, 11) is 0. The van der Waals surface area contributed by atoms with Gasteiger partial charge in [0.25, 0.3) is 0 Å². The van der Waals surface area contributed by atoms with Crippen LogP contribution < -0.4 is 11.1 Å². The van der Waals surface area contributed by atoms with Crippen LogP contribution in [0.15, 0.2) is 17.5 Å². The first-order valence-corrected chi connectivity index (χ1v) is 6.84. The average Bonchev–Trinajstić information content (AvgIpc) is 3.07. The van der Waals surface area contributed by atoms with Crippen LogP contribution >= 0.6 is 0 Å². The Labute approximate surface area is 117 Å². The lowest BCUT2D eigenvalue weighted by molar-refractivity contribution is -0.127. The molecule has 1 aliphatic rings. The molecule has 2 rings (SSSR count). The molecule has 1 amide bonds. The van der Waals surface area contributed by atoms with Crippen molar-refractivity contribution in [3.63, 3.8) is 0 Å². The van der Waals surface area contributed by atoms with Gasteiger partial charge < -0.3 is 16.3 Å². The Morgan fingerprint density at radius 3 is 2.85 bits per heavy atom. The molecule has 7 nitrogen and oxygen atoms in total. The minimum absolute atomic E-state index is 0.0161. The zero-order valence-corrected chi connectivity index (χ0v) is 11.7. The number of nitrogens with zero attached hydrogens (tertiary/aromatic N) is 3. The van der Waals surface area contributed by atoms with E-state index in [-0.39, 0.29) is 11.7 Å². The van der Waals surface area contributed by atoms with Crippen LogP contribution in [0.3, 0.4) is 0 Å². The van der Waals surface area contributed by atoms with E-state index in [4.69, 9.17) is 10.9 Å². The average molecular weight is 279 g/mol. The van der Waals surface area contributed by atoms with Gasteiger partial charge >= 0.3 is 0 Å². The normalized spacial score (nSPS) is 18.1. The third-order valence-electron chi connectivity index (χ3n) is 3.88. The van der Waals surface area contributed by atoms with Crippen LogP contribution in [0.1, 0.15) is 31.2 Å². The Hall–Kier alpha value is -2.05. The molecule has 0 atom stereocenters. The molecular formula is C13H21N5O2. The molecule has 110 valence electrons. The van der Waals surface area contributed by atoms with Gasteiger partial charge in [0.15, 0.2) is 5.84 Å². The number of amidine groups is 1. The third-order valence-corrected chi connectivity index (χ3v) is 3.88. The van der Waals surface area contributed by atoms with E-state index < -0.39 is 5.41 Å². The summed E-state index contributed by atoms with van der Waals surface area (Å²) in [6.45, 7) is 3.04. The van der Waals surface area contributed by atoms with Crippen LogP contribution in [-0.4, -0.2) is 33.3 Å². The molecule has 1 aromatic rings. The lowest BCUT2D eigenvalue weighted by Crippen LogP contribution is -2.48. The molecule has 0 saturated heterocycles. The maximum Gasteiger partial charge on any atom is 0.234 e. The number of hydrogen-bond donors (Lipinski definition) is 3. The number of aromatic nitrogens is 2. The Balaban J connectivity index is 1.93. The summed E-state index contributed by atoms with van der Waals surface area (Å²) in [6.07, 6.45) is 6.80. The van der Waals surface area contributed by atoms with Crippen molar-refractivity contribution in [1.29, 1.82) is 0 Å². The number of nitrogens with two attached hydrogens (primary N) is 1. The zero-order valence-electron chi connectivity index (χ0n) is 11.7. The summed E-state index contributed by atoms with van der Waals surface area (Å²) in [5.41, 5.74) is 5.97. The molecule has 0 aromatic carbocycles. The quantitative estimate of drug-likeness (QED) is 0.318. The van der Waals surface area contributed by atoms with E-state index in [0.717, 1.165) is 18.4 Å². The highest BCUT2D eigenvalue weighted by Gasteiger charge is 2.45. The number of aryl methyl sites for hydroxylation is 1. The third kappa shape index (κ3) is 2.76. The van der Waals surface area contributed by atoms with Crippen LogP contribution in [0.25, 0.3) is 0 Å². The minimum Gasteiger partial charge on any atom is -0.409 e. The molecule has 1 heterocycles. The molecule has 0 bridgehead atoms. The predicted octanol–water partition coefficient (Wildman–Crippen LogP) is 0.615. The fraction of sp³-hybridized carbons (Fsp3) is 0.615. The number of rotatable bonds is 5. The topological polar surface area (TPSA) is 106 Å². The van der Waals surface area contributed by atoms with Gasteiger partial charge in [0, 0.05) is 12.7 Å². The lowest BCUT2D eigenvalue weighted by Gasteiger charge is -2.25. The number of amides is 1. The molecule has 1 saturated carbocycles. The number of hydrogen-bond acceptors (Lipinski definition) is 4. The van der Waals surface area contributed by atoms with Gasteiger partial charge in [-0.3, -0.25) is 9.48 Å². The van der Waals surface area contributed by atoms with Crippen LogP contribution in [0.4, 0.5) is 0 Å². The zero-order chi connectivity index (χ0) is 14.6. The summed E-state index contributed by atoms with van der Waals surface area (Å²) in [5, 5.41) is 19.0. The maximum absolute atomic E-state index is 12.4. The Bertz CT molecular complexity index is 503. The van der Waals surface area contributed by atoms with Gasteiger partial charge in [-0.1, -0.05) is 18.0 Å². The standard InChI is InChI=1S/C13H21N5O2/c1-10-8-16-18(9-10)7-6-15-12(19)13(11(14)17-20)4-2-3-5-13/h8-9,20H,2-7H2,1H3,(H2,14,17)(H,15,19). The number of nitrogens with one attached hydrogen (secondary N) is 1. The fourth-order valence-electron chi connectivity index (χ4n) is 2.72. The molecule has 0 unspecified atom stereocenters. The monoisotopic (exact) mass is 279 g/mol. The lowest BCUT2D eigenvalue weighted by atomic mass is 9.84. The van der Waals surface area contributed by atoms with Crippen molar-refractivity contribution in [2.45, 2.75) is 39.2 Å². The van der Waals surface area contributed by atoms with Crippen molar-refractivity contribution < 1.29 is 10.0 Å². The van der Waals surface area contributed by atoms with Crippen LogP contribution in [0.5, 0.6) is 0 Å². The fourth-order valence-corrected chi connectivity index (χ4v) is 2.72.